The highest BCUT2D eigenvalue weighted by molar-refractivity contribution is 5.23. The lowest BCUT2D eigenvalue weighted by Crippen LogP contribution is -2.33. The molecule has 1 aliphatic rings. The maximum Gasteiger partial charge on any atom is 0.351 e. The second kappa shape index (κ2) is 5.01. The highest BCUT2D eigenvalue weighted by atomic mass is 19.1. The number of anilines is 1. The van der Waals surface area contributed by atoms with Gasteiger partial charge >= 0.3 is 5.69 Å². The second-order valence-corrected chi connectivity index (χ2v) is 4.00. The highest BCUT2D eigenvalue weighted by Crippen LogP contribution is 2.30. The van der Waals surface area contributed by atoms with Crippen molar-refractivity contribution < 1.29 is 19.0 Å². The summed E-state index contributed by atoms with van der Waals surface area (Å²) in [5.74, 6) is 0.0404. The van der Waals surface area contributed by atoms with Crippen molar-refractivity contribution in [3.63, 3.8) is 0 Å². The molecule has 8 heteroatoms. The topological polar surface area (TPSA) is 99.6 Å². The van der Waals surface area contributed by atoms with E-state index in [4.69, 9.17) is 15.2 Å². The number of ether oxygens (including phenoxy) is 2. The number of methoxy groups -OCH3 is 1. The van der Waals surface area contributed by atoms with Crippen molar-refractivity contribution >= 4 is 5.82 Å². The number of nitrogens with zero attached hydrogens (tertiary/aromatic N) is 2. The lowest BCUT2D eigenvalue weighted by Gasteiger charge is -2.15. The van der Waals surface area contributed by atoms with Crippen molar-refractivity contribution in [1.82, 2.24) is 9.55 Å². The lowest BCUT2D eigenvalue weighted by atomic mass is 10.1. The highest BCUT2D eigenvalue weighted by Gasteiger charge is 2.45. The number of rotatable bonds is 3. The number of nitrogen functional groups attached to an aromatic ring is 1. The average molecular weight is 259 g/mol. The van der Waals surface area contributed by atoms with Gasteiger partial charge in [0, 0.05) is 13.3 Å². The van der Waals surface area contributed by atoms with E-state index in [0.29, 0.717) is 0 Å². The smallest absolute Gasteiger partial charge is 0.351 e. The molecule has 18 heavy (non-hydrogen) atoms. The number of nitrogens with two attached hydrogens (primary N) is 1. The fraction of sp³-hybridized carbons (Fsp3) is 0.600. The van der Waals surface area contributed by atoms with Gasteiger partial charge in [0.25, 0.3) is 0 Å². The Morgan fingerprint density at radius 3 is 3.06 bits per heavy atom. The van der Waals surface area contributed by atoms with Crippen molar-refractivity contribution in [2.24, 2.45) is 0 Å². The van der Waals surface area contributed by atoms with E-state index in [1.165, 1.54) is 19.4 Å². The van der Waals surface area contributed by atoms with Gasteiger partial charge in [0.05, 0.1) is 6.61 Å². The average Bonchev–Trinajstić information content (AvgIpc) is 2.58. The third-order valence-corrected chi connectivity index (χ3v) is 2.75. The lowest BCUT2D eigenvalue weighted by molar-refractivity contribution is -0.0571. The first-order valence-electron chi connectivity index (χ1n) is 5.36. The molecular formula is C10H14FN3O4. The first-order valence-corrected chi connectivity index (χ1v) is 5.36. The molecule has 1 fully saturated rings. The van der Waals surface area contributed by atoms with Crippen LogP contribution in [0.1, 0.15) is 6.23 Å². The van der Waals surface area contributed by atoms with Crippen LogP contribution >= 0.6 is 0 Å². The number of aliphatic hydroxyl groups is 1. The minimum atomic E-state index is -1.73. The Morgan fingerprint density at radius 1 is 1.72 bits per heavy atom. The van der Waals surface area contributed by atoms with E-state index in [1.807, 2.05) is 0 Å². The molecular weight excluding hydrogens is 245 g/mol. The zero-order chi connectivity index (χ0) is 13.3. The molecule has 0 aliphatic carbocycles. The van der Waals surface area contributed by atoms with E-state index < -0.39 is 30.3 Å². The summed E-state index contributed by atoms with van der Waals surface area (Å²) in [6.07, 6.45) is -3.84. The Bertz CT molecular complexity index is 480. The molecule has 2 heterocycles. The van der Waals surface area contributed by atoms with E-state index in [2.05, 4.69) is 4.98 Å². The molecule has 0 amide bonds. The molecule has 4 atom stereocenters. The van der Waals surface area contributed by atoms with Gasteiger partial charge in [-0.25, -0.2) is 9.18 Å². The largest absolute Gasteiger partial charge is 0.387 e. The summed E-state index contributed by atoms with van der Waals surface area (Å²) in [4.78, 5) is 15.0. The molecule has 0 aromatic carbocycles. The molecule has 1 aliphatic heterocycles. The monoisotopic (exact) mass is 259 g/mol. The number of hydrogen-bond donors (Lipinski definition) is 2. The summed E-state index contributed by atoms with van der Waals surface area (Å²) in [6, 6.07) is 1.35. The normalized spacial score (nSPS) is 31.7. The standard InChI is InChI=1S/C10H14FN3O4/c1-17-4-5-8(15)7(11)9(18-5)14-3-2-6(12)13-10(14)16/h2-3,5,7-9,15H,4H2,1H3,(H2,12,13,16)/t5-,7?,8?,9-/m1/s1. The molecule has 3 N–H and O–H groups in total. The molecule has 1 aromatic heterocycles. The van der Waals surface area contributed by atoms with E-state index in [-0.39, 0.29) is 12.4 Å². The molecule has 100 valence electrons. The molecule has 0 spiro atoms. The van der Waals surface area contributed by atoms with Crippen LogP contribution < -0.4 is 11.4 Å². The number of hydrogen-bond acceptors (Lipinski definition) is 6. The summed E-state index contributed by atoms with van der Waals surface area (Å²) in [5.41, 5.74) is 4.61. The third-order valence-electron chi connectivity index (χ3n) is 2.75. The van der Waals surface area contributed by atoms with Crippen LogP contribution in [0.4, 0.5) is 10.2 Å². The molecule has 7 nitrogen and oxygen atoms in total. The van der Waals surface area contributed by atoms with Gasteiger partial charge in [-0.15, -0.1) is 0 Å². The molecule has 1 saturated heterocycles. The Labute approximate surface area is 102 Å². The number of aromatic nitrogens is 2. The summed E-state index contributed by atoms with van der Waals surface area (Å²) in [6.45, 7) is 0.0369. The van der Waals surface area contributed by atoms with Gasteiger partial charge in [0.2, 0.25) is 0 Å². The fourth-order valence-electron chi connectivity index (χ4n) is 1.85. The van der Waals surface area contributed by atoms with Crippen molar-refractivity contribution in [2.75, 3.05) is 19.5 Å². The molecule has 0 radical (unpaired) electrons. The predicted molar refractivity (Wildman–Crippen MR) is 59.6 cm³/mol. The quantitative estimate of drug-likeness (QED) is 0.727. The number of alkyl halides is 1. The van der Waals surface area contributed by atoms with Crippen molar-refractivity contribution in [3.05, 3.63) is 22.7 Å². The molecule has 2 rings (SSSR count). The molecule has 0 saturated carbocycles. The number of aliphatic hydroxyl groups excluding tert-OH is 1. The second-order valence-electron chi connectivity index (χ2n) is 4.00. The maximum atomic E-state index is 13.9. The zero-order valence-electron chi connectivity index (χ0n) is 9.69. The maximum absolute atomic E-state index is 13.9. The Morgan fingerprint density at radius 2 is 2.44 bits per heavy atom. The van der Waals surface area contributed by atoms with Crippen molar-refractivity contribution in [3.8, 4) is 0 Å². The minimum Gasteiger partial charge on any atom is -0.387 e. The van der Waals surface area contributed by atoms with Crippen LogP contribution in [0, 0.1) is 0 Å². The van der Waals surface area contributed by atoms with Crippen LogP contribution in [0.3, 0.4) is 0 Å². The summed E-state index contributed by atoms with van der Waals surface area (Å²) < 4.78 is 24.9. The predicted octanol–water partition coefficient (Wildman–Crippen LogP) is -0.932. The number of halogens is 1. The molecule has 2 unspecified atom stereocenters. The van der Waals surface area contributed by atoms with Gasteiger partial charge in [-0.05, 0) is 6.07 Å². The van der Waals surface area contributed by atoms with Gasteiger partial charge in [0.15, 0.2) is 12.4 Å². The van der Waals surface area contributed by atoms with Gasteiger partial charge in [-0.3, -0.25) is 4.57 Å². The van der Waals surface area contributed by atoms with Crippen LogP contribution in [-0.4, -0.2) is 46.8 Å². The SMILES string of the molecule is COC[C@H]1O[C@@H](n2ccc(N)nc2=O)C(F)C1O. The minimum absolute atomic E-state index is 0.0369. The van der Waals surface area contributed by atoms with Crippen LogP contribution in [0.15, 0.2) is 17.1 Å². The zero-order valence-corrected chi connectivity index (χ0v) is 9.69. The fourth-order valence-corrected chi connectivity index (χ4v) is 1.85. The van der Waals surface area contributed by atoms with Crippen LogP contribution in [0.5, 0.6) is 0 Å². The molecule has 0 bridgehead atoms. The van der Waals surface area contributed by atoms with E-state index in [1.54, 1.807) is 0 Å². The Hall–Kier alpha value is -1.51. The van der Waals surface area contributed by atoms with Crippen molar-refractivity contribution in [1.29, 1.82) is 0 Å². The summed E-state index contributed by atoms with van der Waals surface area (Å²) in [7, 11) is 1.41. The van der Waals surface area contributed by atoms with Gasteiger partial charge in [-0.1, -0.05) is 0 Å². The van der Waals surface area contributed by atoms with Gasteiger partial charge in [-0.2, -0.15) is 4.98 Å². The van der Waals surface area contributed by atoms with Crippen LogP contribution in [0.2, 0.25) is 0 Å². The van der Waals surface area contributed by atoms with E-state index in [0.717, 1.165) is 4.57 Å². The van der Waals surface area contributed by atoms with Crippen molar-refractivity contribution in [2.45, 2.75) is 24.6 Å². The van der Waals surface area contributed by atoms with Crippen LogP contribution in [0.25, 0.3) is 0 Å². The molecule has 1 aromatic rings. The Kier molecular flexibility index (Phi) is 3.60. The van der Waals surface area contributed by atoms with E-state index >= 15 is 0 Å². The first kappa shape index (κ1) is 12.9. The Balaban J connectivity index is 2.26. The summed E-state index contributed by atoms with van der Waals surface area (Å²) in [5, 5.41) is 9.63. The third kappa shape index (κ3) is 2.22. The summed E-state index contributed by atoms with van der Waals surface area (Å²) >= 11 is 0. The van der Waals surface area contributed by atoms with E-state index in [9.17, 15) is 14.3 Å². The van der Waals surface area contributed by atoms with Gasteiger partial charge < -0.3 is 20.3 Å². The first-order chi connectivity index (χ1) is 8.54. The van der Waals surface area contributed by atoms with Crippen LogP contribution in [-0.2, 0) is 9.47 Å². The van der Waals surface area contributed by atoms with Gasteiger partial charge in [0.1, 0.15) is 18.0 Å².